The van der Waals surface area contributed by atoms with Gasteiger partial charge >= 0.3 is 0 Å². The van der Waals surface area contributed by atoms with Gasteiger partial charge in [-0.1, -0.05) is 19.1 Å². The summed E-state index contributed by atoms with van der Waals surface area (Å²) in [6.07, 6.45) is 8.05. The van der Waals surface area contributed by atoms with E-state index >= 15 is 0 Å². The van der Waals surface area contributed by atoms with Gasteiger partial charge in [0.25, 0.3) is 0 Å². The summed E-state index contributed by atoms with van der Waals surface area (Å²) >= 11 is 0. The molecule has 0 unspecified atom stereocenters. The van der Waals surface area contributed by atoms with Crippen LogP contribution in [0.3, 0.4) is 0 Å². The van der Waals surface area contributed by atoms with Gasteiger partial charge in [-0.05, 0) is 17.7 Å². The number of hydrazine groups is 1. The van der Waals surface area contributed by atoms with Crippen LogP contribution >= 0.6 is 0 Å². The van der Waals surface area contributed by atoms with E-state index in [4.69, 9.17) is 5.41 Å². The topological polar surface area (TPSA) is 112 Å². The molecule has 1 aliphatic heterocycles. The summed E-state index contributed by atoms with van der Waals surface area (Å²) in [5.74, 6) is -0.210. The molecule has 0 aromatic rings. The van der Waals surface area contributed by atoms with Gasteiger partial charge in [-0.25, -0.2) is 5.01 Å². The summed E-state index contributed by atoms with van der Waals surface area (Å²) in [7, 11) is 1.66. The molecular weight excluding hydrogens is 386 g/mol. The number of rotatable bonds is 10. The molecule has 3 amide bonds. The van der Waals surface area contributed by atoms with Crippen molar-refractivity contribution in [3.63, 3.8) is 0 Å². The molecule has 2 aliphatic rings. The van der Waals surface area contributed by atoms with Gasteiger partial charge in [0.15, 0.2) is 0 Å². The third-order valence-electron chi connectivity index (χ3n) is 4.96. The van der Waals surface area contributed by atoms with E-state index < -0.39 is 6.17 Å². The molecule has 2 N–H and O–H groups in total. The third-order valence-corrected chi connectivity index (χ3v) is 4.96. The number of hydrogen-bond acceptors (Lipinski definition) is 7. The molecule has 2 rings (SSSR count). The van der Waals surface area contributed by atoms with Gasteiger partial charge in [0.2, 0.25) is 18.7 Å². The van der Waals surface area contributed by atoms with Crippen LogP contribution in [0, 0.1) is 5.41 Å². The maximum atomic E-state index is 12.8. The van der Waals surface area contributed by atoms with E-state index in [0.29, 0.717) is 51.1 Å². The minimum absolute atomic E-state index is 0.120. The predicted octanol–water partition coefficient (Wildman–Crippen LogP) is -0.0241. The van der Waals surface area contributed by atoms with Crippen LogP contribution in [-0.4, -0.2) is 95.9 Å². The van der Waals surface area contributed by atoms with Crippen molar-refractivity contribution in [2.75, 3.05) is 39.8 Å². The standard InChI is InChI=1S/C20H29N7O3/c1-4-9-26(5-2)27(15-29)19-8-10-24(20(30)13-25(19)14-28)12-16-6-7-18(23-22-3)17(21)11-16/h4,6-7,11,14-15,19,21-22H,1,5,8-10,12-13H2,2-3H3/b21-17?,23-18-/t19-/m0/s1. The first kappa shape index (κ1) is 23.0. The minimum Gasteiger partial charge on any atom is -0.337 e. The Hall–Kier alpha value is -3.27. The average molecular weight is 415 g/mol. The zero-order valence-corrected chi connectivity index (χ0v) is 17.5. The summed E-state index contributed by atoms with van der Waals surface area (Å²) in [6, 6.07) is 0. The lowest BCUT2D eigenvalue weighted by molar-refractivity contribution is -0.155. The largest absolute Gasteiger partial charge is 0.337 e. The molecule has 162 valence electrons. The fraction of sp³-hybridized carbons (Fsp3) is 0.450. The smallest absolute Gasteiger partial charge is 0.242 e. The lowest BCUT2D eigenvalue weighted by Crippen LogP contribution is -2.55. The van der Waals surface area contributed by atoms with E-state index in [2.05, 4.69) is 17.1 Å². The Labute approximate surface area is 176 Å². The zero-order chi connectivity index (χ0) is 22.1. The molecule has 10 heteroatoms. The van der Waals surface area contributed by atoms with Gasteiger partial charge in [0.05, 0.1) is 5.71 Å². The first-order chi connectivity index (χ1) is 14.5. The molecule has 1 aliphatic carbocycles. The predicted molar refractivity (Wildman–Crippen MR) is 115 cm³/mol. The second kappa shape index (κ2) is 11.1. The molecular formula is C20H29N7O3. The first-order valence-electron chi connectivity index (χ1n) is 9.79. The highest BCUT2D eigenvalue weighted by atomic mass is 16.2. The second-order valence-corrected chi connectivity index (χ2v) is 6.83. The molecule has 0 aromatic heterocycles. The van der Waals surface area contributed by atoms with Crippen LogP contribution in [0.25, 0.3) is 0 Å². The molecule has 1 saturated heterocycles. The lowest BCUT2D eigenvalue weighted by atomic mass is 10.0. The van der Waals surface area contributed by atoms with Crippen molar-refractivity contribution in [3.05, 3.63) is 36.5 Å². The minimum atomic E-state index is -0.558. The number of likely N-dealkylation sites (N-methyl/N-ethyl adjacent to an activating group) is 1. The highest BCUT2D eigenvalue weighted by molar-refractivity contribution is 6.50. The monoisotopic (exact) mass is 415 g/mol. The third kappa shape index (κ3) is 5.41. The van der Waals surface area contributed by atoms with E-state index in [0.717, 1.165) is 5.57 Å². The van der Waals surface area contributed by atoms with Gasteiger partial charge in [-0.15, -0.1) is 6.58 Å². The molecule has 0 spiro atoms. The SMILES string of the molecule is C=CCN(CC)N(C=O)[C@H]1CCN(CC2=CC(=N)/C(=N\NC)C=C2)C(=O)CN1C=O. The van der Waals surface area contributed by atoms with Crippen LogP contribution in [0.5, 0.6) is 0 Å². The normalized spacial score (nSPS) is 20.8. The molecule has 1 fully saturated rings. The number of amides is 3. The van der Waals surface area contributed by atoms with Crippen LogP contribution in [0.4, 0.5) is 0 Å². The van der Waals surface area contributed by atoms with Gasteiger partial charge in [0, 0.05) is 39.6 Å². The van der Waals surface area contributed by atoms with E-state index in [1.165, 1.54) is 9.91 Å². The number of nitrogens with one attached hydrogen (secondary N) is 2. The fourth-order valence-electron chi connectivity index (χ4n) is 3.46. The second-order valence-electron chi connectivity index (χ2n) is 6.83. The zero-order valence-electron chi connectivity index (χ0n) is 17.5. The Bertz CT molecular complexity index is 774. The van der Waals surface area contributed by atoms with Crippen LogP contribution < -0.4 is 5.43 Å². The Kier molecular flexibility index (Phi) is 8.48. The molecule has 10 nitrogen and oxygen atoms in total. The van der Waals surface area contributed by atoms with Crippen LogP contribution in [0.2, 0.25) is 0 Å². The van der Waals surface area contributed by atoms with Crippen molar-refractivity contribution in [2.45, 2.75) is 19.5 Å². The quantitative estimate of drug-likeness (QED) is 0.225. The average Bonchev–Trinajstić information content (AvgIpc) is 2.89. The van der Waals surface area contributed by atoms with Crippen molar-refractivity contribution in [3.8, 4) is 0 Å². The number of hydrazone groups is 1. The molecule has 0 saturated carbocycles. The van der Waals surface area contributed by atoms with Crippen LogP contribution in [-0.2, 0) is 14.4 Å². The van der Waals surface area contributed by atoms with E-state index in [9.17, 15) is 14.4 Å². The summed E-state index contributed by atoms with van der Waals surface area (Å²) in [6.45, 7) is 7.19. The first-order valence-corrected chi connectivity index (χ1v) is 9.79. The van der Waals surface area contributed by atoms with Gasteiger partial charge in [0.1, 0.15) is 18.4 Å². The molecule has 30 heavy (non-hydrogen) atoms. The molecule has 0 aromatic carbocycles. The van der Waals surface area contributed by atoms with E-state index in [1.807, 2.05) is 13.0 Å². The van der Waals surface area contributed by atoms with E-state index in [1.54, 1.807) is 35.2 Å². The molecule has 1 atom stereocenters. The number of nitrogens with zero attached hydrogens (tertiary/aromatic N) is 5. The van der Waals surface area contributed by atoms with Gasteiger partial charge < -0.3 is 15.2 Å². The van der Waals surface area contributed by atoms with Gasteiger partial charge in [-0.2, -0.15) is 5.10 Å². The number of carbonyl (C=O) groups is 3. The molecule has 0 radical (unpaired) electrons. The maximum absolute atomic E-state index is 12.8. The number of allylic oxidation sites excluding steroid dienone is 2. The fourth-order valence-corrected chi connectivity index (χ4v) is 3.46. The van der Waals surface area contributed by atoms with Crippen molar-refractivity contribution >= 4 is 30.2 Å². The Morgan fingerprint density at radius 1 is 1.40 bits per heavy atom. The summed E-state index contributed by atoms with van der Waals surface area (Å²) < 4.78 is 0. The van der Waals surface area contributed by atoms with Crippen molar-refractivity contribution in [1.82, 2.24) is 25.2 Å². The highest BCUT2D eigenvalue weighted by Crippen LogP contribution is 2.18. The highest BCUT2D eigenvalue weighted by Gasteiger charge is 2.33. The van der Waals surface area contributed by atoms with Crippen LogP contribution in [0.15, 0.2) is 41.6 Å². The van der Waals surface area contributed by atoms with Crippen molar-refractivity contribution in [2.24, 2.45) is 5.10 Å². The van der Waals surface area contributed by atoms with Crippen molar-refractivity contribution in [1.29, 1.82) is 5.41 Å². The van der Waals surface area contributed by atoms with E-state index in [-0.39, 0.29) is 18.2 Å². The Morgan fingerprint density at radius 3 is 2.73 bits per heavy atom. The van der Waals surface area contributed by atoms with Crippen LogP contribution in [0.1, 0.15) is 13.3 Å². The molecule has 0 bridgehead atoms. The number of carbonyl (C=O) groups excluding carboxylic acids is 3. The van der Waals surface area contributed by atoms with Crippen molar-refractivity contribution < 1.29 is 14.4 Å². The Balaban J connectivity index is 2.16. The summed E-state index contributed by atoms with van der Waals surface area (Å²) in [5.41, 5.74) is 4.22. The van der Waals surface area contributed by atoms with Gasteiger partial charge in [-0.3, -0.25) is 24.8 Å². The lowest BCUT2D eigenvalue weighted by Gasteiger charge is -2.39. The number of hydrogen-bond donors (Lipinski definition) is 2. The Morgan fingerprint density at radius 2 is 2.17 bits per heavy atom. The summed E-state index contributed by atoms with van der Waals surface area (Å²) in [4.78, 5) is 39.3. The maximum Gasteiger partial charge on any atom is 0.242 e. The molecule has 1 heterocycles. The summed E-state index contributed by atoms with van der Waals surface area (Å²) in [5, 5.41) is 15.3.